The Bertz CT molecular complexity index is 320. The molecule has 0 aliphatic carbocycles. The minimum atomic E-state index is 0.223. The molecule has 1 unspecified atom stereocenters. The summed E-state index contributed by atoms with van der Waals surface area (Å²) in [6, 6.07) is 0.471. The van der Waals surface area contributed by atoms with E-state index in [2.05, 4.69) is 26.1 Å². The molecule has 4 heteroatoms. The lowest BCUT2D eigenvalue weighted by molar-refractivity contribution is -0.136. The van der Waals surface area contributed by atoms with Gasteiger partial charge in [-0.3, -0.25) is 4.79 Å². The number of piperidine rings is 1. The van der Waals surface area contributed by atoms with E-state index >= 15 is 0 Å². The Kier molecular flexibility index (Phi) is 5.85. The molecule has 0 spiro atoms. The maximum Gasteiger partial charge on any atom is 0.225 e. The van der Waals surface area contributed by atoms with E-state index in [-0.39, 0.29) is 12.0 Å². The van der Waals surface area contributed by atoms with Crippen molar-refractivity contribution in [2.45, 2.75) is 58.6 Å². The predicted octanol–water partition coefficient (Wildman–Crippen LogP) is 2.04. The summed E-state index contributed by atoms with van der Waals surface area (Å²) in [4.78, 5) is 14.5. The van der Waals surface area contributed by atoms with E-state index in [1.165, 1.54) is 0 Å². The van der Waals surface area contributed by atoms with Crippen LogP contribution >= 0.6 is 0 Å². The average molecular weight is 282 g/mol. The first-order valence-electron chi connectivity index (χ1n) is 8.20. The predicted molar refractivity (Wildman–Crippen MR) is 80.6 cm³/mol. The van der Waals surface area contributed by atoms with Gasteiger partial charge in [0.1, 0.15) is 0 Å². The third kappa shape index (κ3) is 4.45. The second-order valence-corrected chi connectivity index (χ2v) is 6.82. The molecule has 2 heterocycles. The van der Waals surface area contributed by atoms with Crippen molar-refractivity contribution in [1.29, 1.82) is 0 Å². The van der Waals surface area contributed by atoms with Crippen LogP contribution in [0.15, 0.2) is 0 Å². The summed E-state index contributed by atoms with van der Waals surface area (Å²) >= 11 is 0. The Balaban J connectivity index is 1.73. The Morgan fingerprint density at radius 2 is 2.20 bits per heavy atom. The van der Waals surface area contributed by atoms with Crippen LogP contribution < -0.4 is 5.32 Å². The van der Waals surface area contributed by atoms with Crippen LogP contribution in [-0.2, 0) is 9.53 Å². The third-order valence-electron chi connectivity index (χ3n) is 4.48. The molecule has 1 amide bonds. The van der Waals surface area contributed by atoms with Gasteiger partial charge in [0, 0.05) is 31.7 Å². The monoisotopic (exact) mass is 282 g/mol. The SMILES string of the molecule is CC(C)CCOC1CCN(C(=O)[C@H]2CCN[C@@H](C)C2)C1. The minimum absolute atomic E-state index is 0.223. The summed E-state index contributed by atoms with van der Waals surface area (Å²) in [6.45, 7) is 10.1. The van der Waals surface area contributed by atoms with Gasteiger partial charge in [-0.05, 0) is 45.1 Å². The summed E-state index contributed by atoms with van der Waals surface area (Å²) in [5, 5.41) is 3.41. The fourth-order valence-electron chi connectivity index (χ4n) is 3.15. The molecule has 20 heavy (non-hydrogen) atoms. The van der Waals surface area contributed by atoms with Gasteiger partial charge < -0.3 is 15.0 Å². The molecule has 2 aliphatic rings. The molecule has 4 nitrogen and oxygen atoms in total. The average Bonchev–Trinajstić information content (AvgIpc) is 2.86. The second-order valence-electron chi connectivity index (χ2n) is 6.82. The molecular formula is C16H30N2O2. The van der Waals surface area contributed by atoms with Crippen molar-refractivity contribution < 1.29 is 9.53 Å². The van der Waals surface area contributed by atoms with Gasteiger partial charge in [-0.25, -0.2) is 0 Å². The molecule has 0 saturated carbocycles. The van der Waals surface area contributed by atoms with Crippen LogP contribution in [0.3, 0.4) is 0 Å². The van der Waals surface area contributed by atoms with E-state index in [0.717, 1.165) is 51.9 Å². The minimum Gasteiger partial charge on any atom is -0.376 e. The summed E-state index contributed by atoms with van der Waals surface area (Å²) in [5.74, 6) is 1.26. The van der Waals surface area contributed by atoms with Gasteiger partial charge in [0.05, 0.1) is 6.10 Å². The Hall–Kier alpha value is -0.610. The number of hydrogen-bond acceptors (Lipinski definition) is 3. The number of amides is 1. The standard InChI is InChI=1S/C16H30N2O2/c1-12(2)6-9-20-15-5-8-18(11-15)16(19)14-4-7-17-13(3)10-14/h12-15,17H,4-11H2,1-3H3/t13-,14-,15?/m0/s1. The van der Waals surface area contributed by atoms with E-state index in [0.29, 0.717) is 17.9 Å². The van der Waals surface area contributed by atoms with E-state index < -0.39 is 0 Å². The zero-order chi connectivity index (χ0) is 14.5. The lowest BCUT2D eigenvalue weighted by atomic mass is 9.92. The van der Waals surface area contributed by atoms with Crippen LogP contribution in [-0.4, -0.2) is 49.2 Å². The van der Waals surface area contributed by atoms with Crippen LogP contribution in [0.25, 0.3) is 0 Å². The highest BCUT2D eigenvalue weighted by molar-refractivity contribution is 5.79. The zero-order valence-electron chi connectivity index (χ0n) is 13.2. The molecule has 2 aliphatic heterocycles. The summed E-state index contributed by atoms with van der Waals surface area (Å²) < 4.78 is 5.90. The normalized spacial score (nSPS) is 31.0. The van der Waals surface area contributed by atoms with Crippen LogP contribution in [0, 0.1) is 11.8 Å². The van der Waals surface area contributed by atoms with Crippen LogP contribution in [0.5, 0.6) is 0 Å². The number of ether oxygens (including phenoxy) is 1. The van der Waals surface area contributed by atoms with Gasteiger partial charge in [-0.1, -0.05) is 13.8 Å². The molecular weight excluding hydrogens is 252 g/mol. The first kappa shape index (κ1) is 15.8. The van der Waals surface area contributed by atoms with E-state index in [9.17, 15) is 4.79 Å². The summed E-state index contributed by atoms with van der Waals surface area (Å²) in [6.07, 6.45) is 4.34. The van der Waals surface area contributed by atoms with E-state index in [4.69, 9.17) is 4.74 Å². The molecule has 0 aromatic carbocycles. The number of likely N-dealkylation sites (tertiary alicyclic amines) is 1. The molecule has 0 aromatic rings. The highest BCUT2D eigenvalue weighted by Gasteiger charge is 2.33. The van der Waals surface area contributed by atoms with Crippen LogP contribution in [0.4, 0.5) is 0 Å². The second kappa shape index (κ2) is 7.41. The van der Waals surface area contributed by atoms with Crippen LogP contribution in [0.2, 0.25) is 0 Å². The van der Waals surface area contributed by atoms with E-state index in [1.54, 1.807) is 0 Å². The molecule has 0 aromatic heterocycles. The van der Waals surface area contributed by atoms with Crippen molar-refractivity contribution in [3.63, 3.8) is 0 Å². The summed E-state index contributed by atoms with van der Waals surface area (Å²) in [7, 11) is 0. The Morgan fingerprint density at radius 3 is 2.90 bits per heavy atom. The first-order valence-corrected chi connectivity index (χ1v) is 8.20. The molecule has 0 bridgehead atoms. The number of carbonyl (C=O) groups is 1. The van der Waals surface area contributed by atoms with Crippen molar-refractivity contribution in [2.75, 3.05) is 26.2 Å². The largest absolute Gasteiger partial charge is 0.376 e. The number of carbonyl (C=O) groups excluding carboxylic acids is 1. The van der Waals surface area contributed by atoms with Gasteiger partial charge >= 0.3 is 0 Å². The Morgan fingerprint density at radius 1 is 1.40 bits per heavy atom. The van der Waals surface area contributed by atoms with Gasteiger partial charge in [-0.2, -0.15) is 0 Å². The van der Waals surface area contributed by atoms with Crippen LogP contribution in [0.1, 0.15) is 46.5 Å². The van der Waals surface area contributed by atoms with E-state index in [1.807, 2.05) is 4.90 Å². The molecule has 2 rings (SSSR count). The van der Waals surface area contributed by atoms with Crippen molar-refractivity contribution in [2.24, 2.45) is 11.8 Å². The molecule has 116 valence electrons. The van der Waals surface area contributed by atoms with Crippen molar-refractivity contribution >= 4 is 5.91 Å². The smallest absolute Gasteiger partial charge is 0.225 e. The molecule has 0 radical (unpaired) electrons. The third-order valence-corrected chi connectivity index (χ3v) is 4.48. The topological polar surface area (TPSA) is 41.6 Å². The maximum absolute atomic E-state index is 12.5. The maximum atomic E-state index is 12.5. The number of nitrogens with one attached hydrogen (secondary N) is 1. The van der Waals surface area contributed by atoms with Crippen molar-refractivity contribution in [1.82, 2.24) is 10.2 Å². The highest BCUT2D eigenvalue weighted by atomic mass is 16.5. The van der Waals surface area contributed by atoms with Gasteiger partial charge in [-0.15, -0.1) is 0 Å². The number of nitrogens with zero attached hydrogens (tertiary/aromatic N) is 1. The highest BCUT2D eigenvalue weighted by Crippen LogP contribution is 2.22. The van der Waals surface area contributed by atoms with Crippen molar-refractivity contribution in [3.8, 4) is 0 Å². The van der Waals surface area contributed by atoms with Crippen molar-refractivity contribution in [3.05, 3.63) is 0 Å². The van der Waals surface area contributed by atoms with Gasteiger partial charge in [0.25, 0.3) is 0 Å². The lowest BCUT2D eigenvalue weighted by Gasteiger charge is -2.30. The first-order chi connectivity index (χ1) is 9.56. The summed E-state index contributed by atoms with van der Waals surface area (Å²) in [5.41, 5.74) is 0. The zero-order valence-corrected chi connectivity index (χ0v) is 13.2. The molecule has 3 atom stereocenters. The lowest BCUT2D eigenvalue weighted by Crippen LogP contribution is -2.43. The molecule has 2 saturated heterocycles. The molecule has 2 fully saturated rings. The quantitative estimate of drug-likeness (QED) is 0.839. The Labute approximate surface area is 123 Å². The number of rotatable bonds is 5. The molecule has 1 N–H and O–H groups in total. The van der Waals surface area contributed by atoms with Gasteiger partial charge in [0.2, 0.25) is 5.91 Å². The fourth-order valence-corrected chi connectivity index (χ4v) is 3.15. The van der Waals surface area contributed by atoms with Gasteiger partial charge in [0.15, 0.2) is 0 Å². The number of hydrogen-bond donors (Lipinski definition) is 1. The fraction of sp³-hybridized carbons (Fsp3) is 0.938.